The zero-order chi connectivity index (χ0) is 22.2. The van der Waals surface area contributed by atoms with E-state index in [1.54, 1.807) is 6.92 Å². The number of likely N-dealkylation sites (N-methyl/N-ethyl adjacent to an activating group) is 1. The Morgan fingerprint density at radius 3 is 2.84 bits per heavy atom. The van der Waals surface area contributed by atoms with Gasteiger partial charge in [0.1, 0.15) is 0 Å². The molecule has 3 heterocycles. The van der Waals surface area contributed by atoms with E-state index in [1.807, 2.05) is 0 Å². The molecule has 0 unspecified atom stereocenters. The lowest BCUT2D eigenvalue weighted by molar-refractivity contribution is 0.0525. The predicted octanol–water partition coefficient (Wildman–Crippen LogP) is 3.61. The van der Waals surface area contributed by atoms with Crippen molar-refractivity contribution in [3.05, 3.63) is 53.5 Å². The Kier molecular flexibility index (Phi) is 5.59. The fourth-order valence-electron chi connectivity index (χ4n) is 5.67. The van der Waals surface area contributed by atoms with Crippen molar-refractivity contribution < 1.29 is 9.53 Å². The van der Waals surface area contributed by atoms with E-state index in [2.05, 4.69) is 63.2 Å². The Hall–Kier alpha value is -2.93. The first-order valence-corrected chi connectivity index (χ1v) is 11.5. The van der Waals surface area contributed by atoms with E-state index in [0.29, 0.717) is 36.0 Å². The van der Waals surface area contributed by atoms with Crippen molar-refractivity contribution in [3.63, 3.8) is 0 Å². The Balaban J connectivity index is 1.24. The Bertz CT molecular complexity index is 1120. The summed E-state index contributed by atoms with van der Waals surface area (Å²) in [5, 5.41) is 4.80. The first kappa shape index (κ1) is 20.9. The molecule has 5 rings (SSSR count). The second-order valence-corrected chi connectivity index (χ2v) is 9.16. The van der Waals surface area contributed by atoms with Gasteiger partial charge in [-0.2, -0.15) is 0 Å². The van der Waals surface area contributed by atoms with Crippen LogP contribution in [-0.4, -0.2) is 58.2 Å². The number of benzene rings is 1. The summed E-state index contributed by atoms with van der Waals surface area (Å²) in [5.74, 6) is 1.37. The number of carbonyl (C=O) groups is 1. The molecule has 0 saturated carbocycles. The number of ether oxygens (including phenoxy) is 1. The zero-order valence-electron chi connectivity index (χ0n) is 19.0. The minimum absolute atomic E-state index is 0.344. The smallest absolute Gasteiger partial charge is 0.341 e. The van der Waals surface area contributed by atoms with Gasteiger partial charge in [0.15, 0.2) is 0 Å². The highest BCUT2D eigenvalue weighted by molar-refractivity contribution is 5.89. The van der Waals surface area contributed by atoms with E-state index in [-0.39, 0.29) is 5.97 Å². The Morgan fingerprint density at radius 1 is 1.25 bits per heavy atom. The van der Waals surface area contributed by atoms with Crippen LogP contribution < -0.4 is 5.32 Å². The first-order chi connectivity index (χ1) is 15.5. The Morgan fingerprint density at radius 2 is 2.06 bits per heavy atom. The van der Waals surface area contributed by atoms with Crippen LogP contribution in [0.1, 0.15) is 47.2 Å². The van der Waals surface area contributed by atoms with Crippen LogP contribution in [0.25, 0.3) is 10.9 Å². The summed E-state index contributed by atoms with van der Waals surface area (Å²) in [6.07, 6.45) is 8.78. The van der Waals surface area contributed by atoms with Gasteiger partial charge in [0.05, 0.1) is 12.2 Å². The van der Waals surface area contributed by atoms with Gasteiger partial charge < -0.3 is 19.5 Å². The van der Waals surface area contributed by atoms with Crippen molar-refractivity contribution in [3.8, 4) is 0 Å². The molecule has 1 aliphatic carbocycles. The van der Waals surface area contributed by atoms with E-state index in [0.717, 1.165) is 25.9 Å². The molecule has 0 amide bonds. The van der Waals surface area contributed by atoms with Crippen molar-refractivity contribution in [2.45, 2.75) is 38.1 Å². The summed E-state index contributed by atoms with van der Waals surface area (Å²) in [6.45, 7) is 4.06. The van der Waals surface area contributed by atoms with Crippen LogP contribution in [0.2, 0.25) is 0 Å². The van der Waals surface area contributed by atoms with Gasteiger partial charge in [0.25, 0.3) is 0 Å². The zero-order valence-corrected chi connectivity index (χ0v) is 19.0. The highest BCUT2D eigenvalue weighted by Crippen LogP contribution is 2.45. The molecule has 7 heteroatoms. The van der Waals surface area contributed by atoms with Crippen molar-refractivity contribution in [1.82, 2.24) is 19.4 Å². The summed E-state index contributed by atoms with van der Waals surface area (Å²) in [5.41, 5.74) is 4.75. The van der Waals surface area contributed by atoms with Crippen LogP contribution in [0.3, 0.4) is 0 Å². The number of aryl methyl sites for hydroxylation is 1. The van der Waals surface area contributed by atoms with Crippen molar-refractivity contribution in [2.75, 3.05) is 32.1 Å². The van der Waals surface area contributed by atoms with Crippen molar-refractivity contribution in [1.29, 1.82) is 0 Å². The number of aromatic nitrogens is 3. The van der Waals surface area contributed by atoms with Crippen LogP contribution in [0.15, 0.2) is 36.8 Å². The second-order valence-electron chi connectivity index (χ2n) is 9.16. The summed E-state index contributed by atoms with van der Waals surface area (Å²) in [7, 11) is 4.44. The maximum absolute atomic E-state index is 11.7. The van der Waals surface area contributed by atoms with Gasteiger partial charge in [-0.05, 0) is 56.3 Å². The molecule has 1 saturated heterocycles. The summed E-state index contributed by atoms with van der Waals surface area (Å²) >= 11 is 0. The molecule has 1 aliphatic heterocycles. The van der Waals surface area contributed by atoms with Crippen LogP contribution in [-0.2, 0) is 18.2 Å². The molecule has 2 aromatic heterocycles. The maximum atomic E-state index is 11.7. The molecular formula is C25H31N5O2. The number of hydrogen-bond donors (Lipinski definition) is 1. The van der Waals surface area contributed by atoms with E-state index in [4.69, 9.17) is 4.74 Å². The van der Waals surface area contributed by atoms with Gasteiger partial charge in [-0.15, -0.1) is 0 Å². The third-order valence-electron chi connectivity index (χ3n) is 7.12. The van der Waals surface area contributed by atoms with Crippen LogP contribution in [0.5, 0.6) is 0 Å². The number of fused-ring (bicyclic) bond motifs is 2. The van der Waals surface area contributed by atoms with E-state index >= 15 is 0 Å². The maximum Gasteiger partial charge on any atom is 0.341 e. The first-order valence-electron chi connectivity index (χ1n) is 11.5. The molecule has 7 nitrogen and oxygen atoms in total. The number of carbonyl (C=O) groups excluding carboxylic acids is 1. The van der Waals surface area contributed by atoms with Crippen LogP contribution in [0, 0.1) is 5.92 Å². The van der Waals surface area contributed by atoms with Gasteiger partial charge in [-0.1, -0.05) is 12.1 Å². The number of nitrogens with zero attached hydrogens (tertiary/aromatic N) is 4. The molecule has 0 bridgehead atoms. The molecule has 3 atom stereocenters. The number of esters is 1. The standard InChI is InChI=1S/C25H31N5O2/c1-4-32-24(31)18-12-27-25(28-13-18)26-9-8-16-10-20-19-6-5-7-21-23(19)17(15-30(21)3)11-22(20)29(2)14-16/h5-7,12-13,15-16,20,22H,4,8-11,14H2,1-3H3,(H,26,27,28)/t16-,20-,22-/m1/s1. The predicted molar refractivity (Wildman–Crippen MR) is 125 cm³/mol. The fraction of sp³-hybridized carbons (Fsp3) is 0.480. The van der Waals surface area contributed by atoms with Gasteiger partial charge in [-0.25, -0.2) is 14.8 Å². The molecular weight excluding hydrogens is 402 g/mol. The molecule has 3 aromatic rings. The third-order valence-corrected chi connectivity index (χ3v) is 7.12. The van der Waals surface area contributed by atoms with Gasteiger partial charge in [0, 0.05) is 61.6 Å². The largest absolute Gasteiger partial charge is 0.462 e. The minimum Gasteiger partial charge on any atom is -0.462 e. The average molecular weight is 434 g/mol. The molecule has 2 aliphatic rings. The summed E-state index contributed by atoms with van der Waals surface area (Å²) in [4.78, 5) is 22.8. The van der Waals surface area contributed by atoms with Crippen LogP contribution in [0.4, 0.5) is 5.95 Å². The quantitative estimate of drug-likeness (QED) is 0.599. The SMILES string of the molecule is CCOC(=O)c1cnc(NCC[C@@H]2C[C@@H]3c4cccc5c4c(cn5C)C[C@H]3N(C)C2)nc1. The van der Waals surface area contributed by atoms with Crippen LogP contribution >= 0.6 is 0 Å². The van der Waals surface area contributed by atoms with Crippen molar-refractivity contribution in [2.24, 2.45) is 13.0 Å². The summed E-state index contributed by atoms with van der Waals surface area (Å²) < 4.78 is 7.26. The van der Waals surface area contributed by atoms with Gasteiger partial charge in [0.2, 0.25) is 5.95 Å². The number of hydrogen-bond acceptors (Lipinski definition) is 6. The van der Waals surface area contributed by atoms with Gasteiger partial charge >= 0.3 is 5.97 Å². The minimum atomic E-state index is -0.386. The number of likely N-dealkylation sites (tertiary alicyclic amines) is 1. The molecule has 0 spiro atoms. The van der Waals surface area contributed by atoms with Gasteiger partial charge in [-0.3, -0.25) is 0 Å². The topological polar surface area (TPSA) is 72.3 Å². The number of piperidine rings is 1. The number of rotatable bonds is 6. The normalized spacial score (nSPS) is 22.5. The molecule has 1 aromatic carbocycles. The highest BCUT2D eigenvalue weighted by Gasteiger charge is 2.39. The highest BCUT2D eigenvalue weighted by atomic mass is 16.5. The van der Waals surface area contributed by atoms with Crippen molar-refractivity contribution >= 4 is 22.8 Å². The summed E-state index contributed by atoms with van der Waals surface area (Å²) in [6, 6.07) is 7.38. The average Bonchev–Trinajstić information content (AvgIpc) is 3.12. The Labute approximate surface area is 188 Å². The second kappa shape index (κ2) is 8.54. The van der Waals surface area contributed by atoms with E-state index in [1.165, 1.54) is 40.8 Å². The van der Waals surface area contributed by atoms with E-state index < -0.39 is 0 Å². The lowest BCUT2D eigenvalue weighted by Crippen LogP contribution is -2.48. The lowest BCUT2D eigenvalue weighted by Gasteiger charge is -2.45. The monoisotopic (exact) mass is 433 g/mol. The fourth-order valence-corrected chi connectivity index (χ4v) is 5.67. The molecule has 0 radical (unpaired) electrons. The molecule has 1 N–H and O–H groups in total. The molecule has 168 valence electrons. The number of nitrogens with one attached hydrogen (secondary N) is 1. The third kappa shape index (κ3) is 3.75. The molecule has 32 heavy (non-hydrogen) atoms. The lowest BCUT2D eigenvalue weighted by atomic mass is 9.72. The molecule has 1 fully saturated rings. The number of anilines is 1. The van der Waals surface area contributed by atoms with E-state index in [9.17, 15) is 4.79 Å².